The highest BCUT2D eigenvalue weighted by molar-refractivity contribution is 9.10. The van der Waals surface area contributed by atoms with Crippen LogP contribution < -0.4 is 5.73 Å². The molecule has 0 aliphatic carbocycles. The number of benzene rings is 1. The molecule has 0 saturated carbocycles. The molecule has 0 aliphatic heterocycles. The Bertz CT molecular complexity index is 313. The van der Waals surface area contributed by atoms with Gasteiger partial charge in [0.1, 0.15) is 0 Å². The number of nitrogens with two attached hydrogens (primary N) is 1. The van der Waals surface area contributed by atoms with Gasteiger partial charge in [0.2, 0.25) is 0 Å². The van der Waals surface area contributed by atoms with Crippen molar-refractivity contribution in [2.24, 2.45) is 5.73 Å². The second-order valence-corrected chi connectivity index (χ2v) is 5.35. The molecule has 0 atom stereocenters. The molecule has 78 valence electrons. The van der Waals surface area contributed by atoms with Crippen molar-refractivity contribution in [2.45, 2.75) is 39.2 Å². The molecular weight excluding hydrogens is 238 g/mol. The third-order valence-corrected chi connectivity index (χ3v) is 2.69. The Morgan fingerprint density at radius 2 is 1.93 bits per heavy atom. The van der Waals surface area contributed by atoms with Crippen LogP contribution >= 0.6 is 15.9 Å². The molecule has 0 unspecified atom stereocenters. The molecule has 0 fully saturated rings. The predicted octanol–water partition coefficient (Wildman–Crippen LogP) is 3.29. The van der Waals surface area contributed by atoms with Gasteiger partial charge >= 0.3 is 0 Å². The summed E-state index contributed by atoms with van der Waals surface area (Å²) in [5.74, 6) is 0. The molecule has 0 spiro atoms. The minimum absolute atomic E-state index is 0.127. The zero-order chi connectivity index (χ0) is 10.8. The fourth-order valence-corrected chi connectivity index (χ4v) is 2.00. The van der Waals surface area contributed by atoms with Crippen molar-refractivity contribution in [1.29, 1.82) is 0 Å². The molecule has 0 amide bonds. The van der Waals surface area contributed by atoms with Crippen LogP contribution in [0.1, 0.15) is 31.9 Å². The van der Waals surface area contributed by atoms with Crippen LogP contribution in [-0.4, -0.2) is 5.54 Å². The quantitative estimate of drug-likeness (QED) is 0.882. The van der Waals surface area contributed by atoms with Gasteiger partial charge in [0.05, 0.1) is 0 Å². The van der Waals surface area contributed by atoms with E-state index in [4.69, 9.17) is 5.73 Å². The van der Waals surface area contributed by atoms with Gasteiger partial charge in [-0.15, -0.1) is 0 Å². The fraction of sp³-hybridized carbons (Fsp3) is 0.500. The van der Waals surface area contributed by atoms with Gasteiger partial charge in [-0.25, -0.2) is 0 Å². The normalized spacial score (nSPS) is 11.8. The molecule has 2 heteroatoms. The van der Waals surface area contributed by atoms with E-state index in [1.54, 1.807) is 0 Å². The monoisotopic (exact) mass is 255 g/mol. The van der Waals surface area contributed by atoms with Gasteiger partial charge in [-0.2, -0.15) is 0 Å². The van der Waals surface area contributed by atoms with Crippen LogP contribution in [0.25, 0.3) is 0 Å². The third kappa shape index (κ3) is 3.43. The molecule has 0 saturated heterocycles. The van der Waals surface area contributed by atoms with E-state index in [0.29, 0.717) is 0 Å². The van der Waals surface area contributed by atoms with Crippen molar-refractivity contribution in [2.75, 3.05) is 0 Å². The van der Waals surface area contributed by atoms with E-state index in [0.717, 1.165) is 17.3 Å². The van der Waals surface area contributed by atoms with Gasteiger partial charge in [-0.3, -0.25) is 0 Å². The summed E-state index contributed by atoms with van der Waals surface area (Å²) in [5.41, 5.74) is 8.64. The van der Waals surface area contributed by atoms with Crippen LogP contribution in [0.15, 0.2) is 22.7 Å². The van der Waals surface area contributed by atoms with Crippen molar-refractivity contribution in [1.82, 2.24) is 0 Å². The van der Waals surface area contributed by atoms with Crippen molar-refractivity contribution in [3.63, 3.8) is 0 Å². The van der Waals surface area contributed by atoms with Crippen molar-refractivity contribution in [3.8, 4) is 0 Å². The molecule has 2 N–H and O–H groups in total. The predicted molar refractivity (Wildman–Crippen MR) is 65.5 cm³/mol. The first-order valence-corrected chi connectivity index (χ1v) is 5.78. The van der Waals surface area contributed by atoms with Gasteiger partial charge in [0, 0.05) is 10.0 Å². The molecule has 1 nitrogen and oxygen atoms in total. The maximum Gasteiger partial charge on any atom is 0.0178 e. The second kappa shape index (κ2) is 4.45. The zero-order valence-electron chi connectivity index (χ0n) is 9.10. The minimum atomic E-state index is -0.127. The number of halogens is 1. The second-order valence-electron chi connectivity index (χ2n) is 4.43. The molecule has 0 heterocycles. The van der Waals surface area contributed by atoms with Crippen LogP contribution in [0.5, 0.6) is 0 Å². The number of rotatable bonds is 3. The summed E-state index contributed by atoms with van der Waals surface area (Å²) in [5, 5.41) is 0. The number of aryl methyl sites for hydroxylation is 1. The Labute approximate surface area is 94.8 Å². The van der Waals surface area contributed by atoms with Gasteiger partial charge in [-0.1, -0.05) is 28.9 Å². The summed E-state index contributed by atoms with van der Waals surface area (Å²) in [7, 11) is 0. The highest BCUT2D eigenvalue weighted by atomic mass is 79.9. The standard InChI is InChI=1S/C12H18BrN/c1-4-9-7-11(13)6-5-10(9)8-12(2,3)14/h5-7H,4,8,14H2,1-3H3. The molecule has 0 aromatic heterocycles. The van der Waals surface area contributed by atoms with Crippen molar-refractivity contribution < 1.29 is 0 Å². The fourth-order valence-electron chi connectivity index (χ4n) is 1.59. The van der Waals surface area contributed by atoms with E-state index < -0.39 is 0 Å². The Kier molecular flexibility index (Phi) is 3.73. The number of hydrogen-bond donors (Lipinski definition) is 1. The smallest absolute Gasteiger partial charge is 0.0178 e. The molecule has 14 heavy (non-hydrogen) atoms. The lowest BCUT2D eigenvalue weighted by Crippen LogP contribution is -2.34. The summed E-state index contributed by atoms with van der Waals surface area (Å²) in [6, 6.07) is 6.43. The van der Waals surface area contributed by atoms with Gasteiger partial charge in [0.15, 0.2) is 0 Å². The first kappa shape index (κ1) is 11.7. The highest BCUT2D eigenvalue weighted by Gasteiger charge is 2.13. The van der Waals surface area contributed by atoms with E-state index in [2.05, 4.69) is 54.9 Å². The van der Waals surface area contributed by atoms with Crippen LogP contribution in [0.2, 0.25) is 0 Å². The largest absolute Gasteiger partial charge is 0.325 e. The zero-order valence-corrected chi connectivity index (χ0v) is 10.7. The van der Waals surface area contributed by atoms with E-state index in [-0.39, 0.29) is 5.54 Å². The van der Waals surface area contributed by atoms with Crippen molar-refractivity contribution >= 4 is 15.9 Å². The first-order chi connectivity index (χ1) is 6.42. The maximum absolute atomic E-state index is 6.02. The van der Waals surface area contributed by atoms with E-state index in [1.807, 2.05) is 0 Å². The average Bonchev–Trinajstić information content (AvgIpc) is 2.06. The van der Waals surface area contributed by atoms with E-state index >= 15 is 0 Å². The summed E-state index contributed by atoms with van der Waals surface area (Å²) in [6.45, 7) is 6.30. The molecular formula is C12H18BrN. The molecule has 1 aromatic rings. The molecule has 0 bridgehead atoms. The Morgan fingerprint density at radius 1 is 1.29 bits per heavy atom. The molecule has 1 aromatic carbocycles. The number of hydrogen-bond acceptors (Lipinski definition) is 1. The molecule has 0 radical (unpaired) electrons. The first-order valence-electron chi connectivity index (χ1n) is 4.98. The van der Waals surface area contributed by atoms with E-state index in [1.165, 1.54) is 11.1 Å². The minimum Gasteiger partial charge on any atom is -0.325 e. The SMILES string of the molecule is CCc1cc(Br)ccc1CC(C)(C)N. The van der Waals surface area contributed by atoms with Crippen molar-refractivity contribution in [3.05, 3.63) is 33.8 Å². The molecule has 1 rings (SSSR count). The Balaban J connectivity index is 2.97. The average molecular weight is 256 g/mol. The van der Waals surface area contributed by atoms with Gasteiger partial charge in [0.25, 0.3) is 0 Å². The Hall–Kier alpha value is -0.340. The third-order valence-electron chi connectivity index (χ3n) is 2.20. The summed E-state index contributed by atoms with van der Waals surface area (Å²) in [6.07, 6.45) is 1.99. The maximum atomic E-state index is 6.02. The van der Waals surface area contributed by atoms with Gasteiger partial charge in [-0.05, 0) is 49.9 Å². The lowest BCUT2D eigenvalue weighted by atomic mass is 9.92. The van der Waals surface area contributed by atoms with E-state index in [9.17, 15) is 0 Å². The van der Waals surface area contributed by atoms with Crippen LogP contribution in [0.4, 0.5) is 0 Å². The Morgan fingerprint density at radius 3 is 2.43 bits per heavy atom. The van der Waals surface area contributed by atoms with Crippen LogP contribution in [0, 0.1) is 0 Å². The summed E-state index contributed by atoms with van der Waals surface area (Å²) >= 11 is 3.49. The lowest BCUT2D eigenvalue weighted by Gasteiger charge is -2.20. The highest BCUT2D eigenvalue weighted by Crippen LogP contribution is 2.20. The van der Waals surface area contributed by atoms with Gasteiger partial charge < -0.3 is 5.73 Å². The molecule has 0 aliphatic rings. The van der Waals surface area contributed by atoms with Crippen LogP contribution in [0.3, 0.4) is 0 Å². The topological polar surface area (TPSA) is 26.0 Å². The summed E-state index contributed by atoms with van der Waals surface area (Å²) < 4.78 is 1.15. The summed E-state index contributed by atoms with van der Waals surface area (Å²) in [4.78, 5) is 0. The van der Waals surface area contributed by atoms with Crippen LogP contribution in [-0.2, 0) is 12.8 Å². The lowest BCUT2D eigenvalue weighted by molar-refractivity contribution is 0.515.